The topological polar surface area (TPSA) is 47.6 Å². The highest BCUT2D eigenvalue weighted by Crippen LogP contribution is 2.16. The lowest BCUT2D eigenvalue weighted by atomic mass is 10.2. The van der Waals surface area contributed by atoms with Gasteiger partial charge in [0.15, 0.2) is 6.10 Å². The number of hydrogen-bond acceptors (Lipinski definition) is 3. The molecule has 0 radical (unpaired) electrons. The number of amides is 1. The van der Waals surface area contributed by atoms with Crippen LogP contribution in [-0.2, 0) is 4.79 Å². The van der Waals surface area contributed by atoms with Gasteiger partial charge in [0, 0.05) is 0 Å². The van der Waals surface area contributed by atoms with E-state index in [2.05, 4.69) is 5.32 Å². The van der Waals surface area contributed by atoms with Crippen molar-refractivity contribution in [2.75, 3.05) is 13.2 Å². The van der Waals surface area contributed by atoms with Gasteiger partial charge in [0.2, 0.25) is 0 Å². The third kappa shape index (κ3) is 5.30. The Kier molecular flexibility index (Phi) is 6.67. The lowest BCUT2D eigenvalue weighted by Gasteiger charge is -2.18. The summed E-state index contributed by atoms with van der Waals surface area (Å²) < 4.78 is 11.5. The van der Waals surface area contributed by atoms with Gasteiger partial charge in [-0.15, -0.1) is 0 Å². The van der Waals surface area contributed by atoms with Gasteiger partial charge in [-0.25, -0.2) is 0 Å². The first-order valence-electron chi connectivity index (χ1n) is 8.29. The molecule has 1 N–H and O–H groups in total. The van der Waals surface area contributed by atoms with Gasteiger partial charge in [0.25, 0.3) is 5.91 Å². The number of aryl methyl sites for hydroxylation is 2. The van der Waals surface area contributed by atoms with E-state index in [4.69, 9.17) is 9.47 Å². The van der Waals surface area contributed by atoms with Gasteiger partial charge < -0.3 is 14.8 Å². The van der Waals surface area contributed by atoms with Crippen LogP contribution in [0.1, 0.15) is 24.5 Å². The van der Waals surface area contributed by atoms with Gasteiger partial charge in [-0.2, -0.15) is 0 Å². The number of hydrogen-bond donors (Lipinski definition) is 1. The number of para-hydroxylation sites is 1. The van der Waals surface area contributed by atoms with Gasteiger partial charge >= 0.3 is 0 Å². The van der Waals surface area contributed by atoms with Crippen LogP contribution >= 0.6 is 0 Å². The Bertz CT molecular complexity index is 669. The van der Waals surface area contributed by atoms with Crippen LogP contribution in [0.4, 0.5) is 0 Å². The monoisotopic (exact) mass is 327 g/mol. The quantitative estimate of drug-likeness (QED) is 0.753. The van der Waals surface area contributed by atoms with E-state index in [9.17, 15) is 4.79 Å². The summed E-state index contributed by atoms with van der Waals surface area (Å²) >= 11 is 0. The van der Waals surface area contributed by atoms with Gasteiger partial charge in [-0.1, -0.05) is 37.3 Å². The second kappa shape index (κ2) is 8.96. The summed E-state index contributed by atoms with van der Waals surface area (Å²) in [6.45, 7) is 6.80. The molecule has 2 aromatic rings. The third-order valence-electron chi connectivity index (χ3n) is 3.68. The minimum absolute atomic E-state index is 0.118. The zero-order valence-corrected chi connectivity index (χ0v) is 14.5. The molecule has 2 rings (SSSR count). The number of carbonyl (C=O) groups is 1. The Hall–Kier alpha value is -2.49. The van der Waals surface area contributed by atoms with E-state index in [0.29, 0.717) is 25.3 Å². The molecule has 0 saturated heterocycles. The summed E-state index contributed by atoms with van der Waals surface area (Å²) in [7, 11) is 0. The molecular weight excluding hydrogens is 302 g/mol. The van der Waals surface area contributed by atoms with Crippen LogP contribution in [0.5, 0.6) is 11.5 Å². The molecule has 0 saturated carbocycles. The van der Waals surface area contributed by atoms with Crippen molar-refractivity contribution in [2.45, 2.75) is 33.3 Å². The molecule has 0 spiro atoms. The van der Waals surface area contributed by atoms with E-state index < -0.39 is 6.10 Å². The highest BCUT2D eigenvalue weighted by atomic mass is 16.5. The van der Waals surface area contributed by atoms with Gasteiger partial charge in [-0.05, 0) is 49.6 Å². The molecule has 0 aliphatic rings. The third-order valence-corrected chi connectivity index (χ3v) is 3.68. The molecule has 1 unspecified atom stereocenters. The number of rotatable bonds is 8. The minimum Gasteiger partial charge on any atom is -0.491 e. The number of ether oxygens (including phenoxy) is 2. The largest absolute Gasteiger partial charge is 0.491 e. The minimum atomic E-state index is -0.495. The molecule has 0 bridgehead atoms. The Morgan fingerprint density at radius 2 is 1.92 bits per heavy atom. The van der Waals surface area contributed by atoms with Crippen LogP contribution in [0.15, 0.2) is 48.5 Å². The zero-order chi connectivity index (χ0) is 17.4. The van der Waals surface area contributed by atoms with E-state index in [0.717, 1.165) is 16.9 Å². The maximum Gasteiger partial charge on any atom is 0.261 e. The molecule has 1 amide bonds. The average Bonchev–Trinajstić information content (AvgIpc) is 2.58. The van der Waals surface area contributed by atoms with Crippen molar-refractivity contribution in [3.05, 3.63) is 59.7 Å². The van der Waals surface area contributed by atoms with Crippen LogP contribution < -0.4 is 14.8 Å². The van der Waals surface area contributed by atoms with Gasteiger partial charge in [0.1, 0.15) is 18.1 Å². The van der Waals surface area contributed by atoms with Crippen molar-refractivity contribution in [3.8, 4) is 11.5 Å². The molecule has 24 heavy (non-hydrogen) atoms. The average molecular weight is 327 g/mol. The van der Waals surface area contributed by atoms with Crippen LogP contribution in [0.3, 0.4) is 0 Å². The van der Waals surface area contributed by atoms with Gasteiger partial charge in [0.05, 0.1) is 6.54 Å². The second-order valence-corrected chi connectivity index (χ2v) is 5.74. The van der Waals surface area contributed by atoms with Gasteiger partial charge in [-0.3, -0.25) is 4.79 Å². The highest BCUT2D eigenvalue weighted by Gasteiger charge is 2.17. The predicted octanol–water partition coefficient (Wildman–Crippen LogP) is 3.66. The Morgan fingerprint density at radius 1 is 1.12 bits per heavy atom. The first kappa shape index (κ1) is 17.9. The molecule has 0 aromatic heterocycles. The molecule has 1 atom stereocenters. The summed E-state index contributed by atoms with van der Waals surface area (Å²) in [5.41, 5.74) is 2.19. The molecule has 0 heterocycles. The van der Waals surface area contributed by atoms with Crippen LogP contribution in [-0.4, -0.2) is 25.2 Å². The number of carbonyl (C=O) groups excluding carboxylic acids is 1. The van der Waals surface area contributed by atoms with Crippen molar-refractivity contribution in [2.24, 2.45) is 0 Å². The van der Waals surface area contributed by atoms with E-state index in [-0.39, 0.29) is 5.91 Å². The second-order valence-electron chi connectivity index (χ2n) is 5.74. The predicted molar refractivity (Wildman–Crippen MR) is 95.6 cm³/mol. The summed E-state index contributed by atoms with van der Waals surface area (Å²) in [6.07, 6.45) is 0.114. The maximum absolute atomic E-state index is 12.3. The lowest BCUT2D eigenvalue weighted by Crippen LogP contribution is -2.39. The smallest absolute Gasteiger partial charge is 0.261 e. The van der Waals surface area contributed by atoms with Crippen LogP contribution in [0.25, 0.3) is 0 Å². The van der Waals surface area contributed by atoms with E-state index in [1.54, 1.807) is 0 Å². The van der Waals surface area contributed by atoms with Crippen LogP contribution in [0.2, 0.25) is 0 Å². The molecule has 0 aliphatic heterocycles. The molecule has 0 fully saturated rings. The SMILES string of the molecule is CCC(Oc1cccc(C)c1)C(=O)NCCOc1ccccc1C. The molecule has 128 valence electrons. The fraction of sp³-hybridized carbons (Fsp3) is 0.350. The van der Waals surface area contributed by atoms with E-state index in [1.807, 2.05) is 69.3 Å². The summed E-state index contributed by atoms with van der Waals surface area (Å²) in [6, 6.07) is 15.5. The van der Waals surface area contributed by atoms with Crippen molar-refractivity contribution in [1.82, 2.24) is 5.32 Å². The first-order chi connectivity index (χ1) is 11.6. The Labute approximate surface area is 143 Å². The Balaban J connectivity index is 1.78. The summed E-state index contributed by atoms with van der Waals surface area (Å²) in [4.78, 5) is 12.3. The zero-order valence-electron chi connectivity index (χ0n) is 14.5. The first-order valence-corrected chi connectivity index (χ1v) is 8.29. The molecule has 2 aromatic carbocycles. The van der Waals surface area contributed by atoms with Crippen molar-refractivity contribution in [1.29, 1.82) is 0 Å². The maximum atomic E-state index is 12.3. The van der Waals surface area contributed by atoms with E-state index in [1.165, 1.54) is 0 Å². The number of benzene rings is 2. The molecule has 4 nitrogen and oxygen atoms in total. The van der Waals surface area contributed by atoms with Crippen molar-refractivity contribution in [3.63, 3.8) is 0 Å². The molecular formula is C20H25NO3. The van der Waals surface area contributed by atoms with E-state index >= 15 is 0 Å². The highest BCUT2D eigenvalue weighted by molar-refractivity contribution is 5.81. The standard InChI is InChI=1S/C20H25NO3/c1-4-18(24-17-10-7-8-15(2)14-17)20(22)21-12-13-23-19-11-6-5-9-16(19)3/h5-11,14,18H,4,12-13H2,1-3H3,(H,21,22). The Morgan fingerprint density at radius 3 is 2.62 bits per heavy atom. The lowest BCUT2D eigenvalue weighted by molar-refractivity contribution is -0.128. The summed E-state index contributed by atoms with van der Waals surface area (Å²) in [5.74, 6) is 1.44. The number of nitrogens with one attached hydrogen (secondary N) is 1. The van der Waals surface area contributed by atoms with Crippen molar-refractivity contribution >= 4 is 5.91 Å². The molecule has 0 aliphatic carbocycles. The fourth-order valence-electron chi connectivity index (χ4n) is 2.34. The van der Waals surface area contributed by atoms with Crippen molar-refractivity contribution < 1.29 is 14.3 Å². The normalized spacial score (nSPS) is 11.6. The van der Waals surface area contributed by atoms with Crippen LogP contribution in [0, 0.1) is 13.8 Å². The molecule has 4 heteroatoms. The fourth-order valence-corrected chi connectivity index (χ4v) is 2.34. The summed E-state index contributed by atoms with van der Waals surface area (Å²) in [5, 5.41) is 2.87.